The van der Waals surface area contributed by atoms with E-state index in [9.17, 15) is 12.8 Å². The molecule has 0 saturated carbocycles. The van der Waals surface area contributed by atoms with Gasteiger partial charge in [-0.15, -0.1) is 0 Å². The Morgan fingerprint density at radius 2 is 2.23 bits per heavy atom. The van der Waals surface area contributed by atoms with Gasteiger partial charge in [0.1, 0.15) is 11.6 Å². The number of ether oxygens (including phenoxy) is 1. The van der Waals surface area contributed by atoms with Crippen LogP contribution in [-0.2, 0) is 10.0 Å². The van der Waals surface area contributed by atoms with Crippen LogP contribution in [0.15, 0.2) is 18.2 Å². The molecule has 0 atom stereocenters. The van der Waals surface area contributed by atoms with Crippen molar-refractivity contribution in [3.8, 4) is 5.75 Å². The van der Waals surface area contributed by atoms with Gasteiger partial charge in [0.2, 0.25) is 5.94 Å². The summed E-state index contributed by atoms with van der Waals surface area (Å²) in [7, 11) is -3.40. The molecular weight excluding hydrogens is 197 g/mol. The van der Waals surface area contributed by atoms with Gasteiger partial charge in [-0.1, -0.05) is 0 Å². The van der Waals surface area contributed by atoms with Gasteiger partial charge in [-0.2, -0.15) is 0 Å². The van der Waals surface area contributed by atoms with Crippen molar-refractivity contribution in [1.29, 1.82) is 0 Å². The zero-order valence-corrected chi connectivity index (χ0v) is 7.27. The van der Waals surface area contributed by atoms with Crippen molar-refractivity contribution in [2.24, 2.45) is 0 Å². The van der Waals surface area contributed by atoms with Crippen LogP contribution in [0.3, 0.4) is 0 Å². The molecule has 0 radical (unpaired) electrons. The fourth-order valence-corrected chi connectivity index (χ4v) is 1.88. The summed E-state index contributed by atoms with van der Waals surface area (Å²) in [6.07, 6.45) is 0. The second kappa shape index (κ2) is 2.59. The van der Waals surface area contributed by atoms with E-state index in [1.165, 1.54) is 6.07 Å². The van der Waals surface area contributed by atoms with Crippen molar-refractivity contribution in [1.82, 2.24) is 0 Å². The topological polar surface area (TPSA) is 55.4 Å². The van der Waals surface area contributed by atoms with Crippen LogP contribution >= 0.6 is 0 Å². The Bertz CT molecular complexity index is 443. The average molecular weight is 203 g/mol. The lowest BCUT2D eigenvalue weighted by atomic mass is 10.3. The SMILES string of the molecule is O=S1(=O)COc2cc(F)ccc2N1. The lowest BCUT2D eigenvalue weighted by Gasteiger charge is -2.18. The molecule has 0 aliphatic carbocycles. The van der Waals surface area contributed by atoms with Crippen LogP contribution in [0.4, 0.5) is 10.1 Å². The van der Waals surface area contributed by atoms with Crippen molar-refractivity contribution < 1.29 is 17.5 Å². The standard InChI is InChI=1S/C7H6FNO3S/c8-5-1-2-6-7(3-5)12-4-13(10,11)9-6/h1-3,9H,4H2. The number of hydrogen-bond donors (Lipinski definition) is 1. The van der Waals surface area contributed by atoms with E-state index in [0.29, 0.717) is 0 Å². The Kier molecular flexibility index (Phi) is 1.66. The van der Waals surface area contributed by atoms with Crippen LogP contribution in [0.5, 0.6) is 5.75 Å². The minimum Gasteiger partial charge on any atom is -0.473 e. The molecule has 1 aromatic carbocycles. The third-order valence-electron chi connectivity index (χ3n) is 1.58. The molecule has 13 heavy (non-hydrogen) atoms. The highest BCUT2D eigenvalue weighted by Crippen LogP contribution is 2.29. The van der Waals surface area contributed by atoms with Crippen molar-refractivity contribution in [2.45, 2.75) is 0 Å². The fourth-order valence-electron chi connectivity index (χ4n) is 1.04. The number of fused-ring (bicyclic) bond motifs is 1. The molecule has 0 spiro atoms. The summed E-state index contributed by atoms with van der Waals surface area (Å²) < 4.78 is 41.6. The summed E-state index contributed by atoms with van der Waals surface area (Å²) in [6, 6.07) is 3.62. The first-order chi connectivity index (χ1) is 6.07. The number of hydrogen-bond acceptors (Lipinski definition) is 3. The van der Waals surface area contributed by atoms with Gasteiger partial charge in [0.05, 0.1) is 5.69 Å². The summed E-state index contributed by atoms with van der Waals surface area (Å²) >= 11 is 0. The van der Waals surface area contributed by atoms with Crippen molar-refractivity contribution in [3.63, 3.8) is 0 Å². The zero-order chi connectivity index (χ0) is 9.47. The monoisotopic (exact) mass is 203 g/mol. The largest absolute Gasteiger partial charge is 0.473 e. The van der Waals surface area contributed by atoms with Crippen molar-refractivity contribution in [3.05, 3.63) is 24.0 Å². The lowest BCUT2D eigenvalue weighted by molar-refractivity contribution is 0.372. The van der Waals surface area contributed by atoms with E-state index in [0.717, 1.165) is 12.1 Å². The summed E-state index contributed by atoms with van der Waals surface area (Å²) in [5.41, 5.74) is 0.271. The highest BCUT2D eigenvalue weighted by atomic mass is 32.2. The van der Waals surface area contributed by atoms with E-state index < -0.39 is 21.8 Å². The second-order valence-corrected chi connectivity index (χ2v) is 4.29. The van der Waals surface area contributed by atoms with Gasteiger partial charge in [0, 0.05) is 6.07 Å². The molecule has 6 heteroatoms. The Morgan fingerprint density at radius 1 is 1.46 bits per heavy atom. The molecule has 0 fully saturated rings. The molecule has 4 nitrogen and oxygen atoms in total. The molecule has 1 aliphatic heterocycles. The van der Waals surface area contributed by atoms with E-state index in [-0.39, 0.29) is 11.4 Å². The molecule has 70 valence electrons. The summed E-state index contributed by atoms with van der Waals surface area (Å²) in [5.74, 6) is -0.710. The average Bonchev–Trinajstić information content (AvgIpc) is 2.05. The third kappa shape index (κ3) is 1.57. The second-order valence-electron chi connectivity index (χ2n) is 2.62. The molecule has 2 rings (SSSR count). The minimum absolute atomic E-state index is 0.217. The first-order valence-corrected chi connectivity index (χ1v) is 5.15. The first-order valence-electron chi connectivity index (χ1n) is 3.50. The van der Waals surface area contributed by atoms with E-state index in [4.69, 9.17) is 4.74 Å². The number of rotatable bonds is 0. The molecule has 1 N–H and O–H groups in total. The highest BCUT2D eigenvalue weighted by molar-refractivity contribution is 7.92. The number of benzene rings is 1. The van der Waals surface area contributed by atoms with E-state index >= 15 is 0 Å². The van der Waals surface area contributed by atoms with Gasteiger partial charge < -0.3 is 4.74 Å². The van der Waals surface area contributed by atoms with Crippen LogP contribution < -0.4 is 9.46 Å². The maximum absolute atomic E-state index is 12.6. The molecule has 0 amide bonds. The van der Waals surface area contributed by atoms with Crippen LogP contribution in [0.25, 0.3) is 0 Å². The number of anilines is 1. The third-order valence-corrected chi connectivity index (χ3v) is 2.54. The van der Waals surface area contributed by atoms with Crippen molar-refractivity contribution in [2.75, 3.05) is 10.7 Å². The van der Waals surface area contributed by atoms with Crippen LogP contribution in [0.1, 0.15) is 0 Å². The number of nitrogens with one attached hydrogen (secondary N) is 1. The highest BCUT2D eigenvalue weighted by Gasteiger charge is 2.21. The van der Waals surface area contributed by atoms with Gasteiger partial charge in [-0.25, -0.2) is 12.8 Å². The molecular formula is C7H6FNO3S. The summed E-state index contributed by atoms with van der Waals surface area (Å²) in [6.45, 7) is 0. The predicted molar refractivity (Wildman–Crippen MR) is 44.4 cm³/mol. The zero-order valence-electron chi connectivity index (χ0n) is 6.45. The van der Waals surface area contributed by atoms with E-state index in [1.54, 1.807) is 0 Å². The summed E-state index contributed by atoms with van der Waals surface area (Å²) in [4.78, 5) is 0. The molecule has 0 aromatic heterocycles. The van der Waals surface area contributed by atoms with E-state index in [1.807, 2.05) is 0 Å². The normalized spacial score (nSPS) is 18.2. The Labute approximate surface area is 74.4 Å². The lowest BCUT2D eigenvalue weighted by Crippen LogP contribution is -2.25. The Hall–Kier alpha value is -1.30. The van der Waals surface area contributed by atoms with Crippen molar-refractivity contribution >= 4 is 15.7 Å². The Morgan fingerprint density at radius 3 is 3.00 bits per heavy atom. The van der Waals surface area contributed by atoms with Crippen LogP contribution in [0, 0.1) is 5.82 Å². The van der Waals surface area contributed by atoms with Gasteiger partial charge in [0.15, 0.2) is 0 Å². The maximum atomic E-state index is 12.6. The number of sulfonamides is 1. The maximum Gasteiger partial charge on any atom is 0.268 e. The fraction of sp³-hybridized carbons (Fsp3) is 0.143. The van der Waals surface area contributed by atoms with Crippen LogP contribution in [-0.4, -0.2) is 14.4 Å². The number of halogens is 1. The van der Waals surface area contributed by atoms with Gasteiger partial charge in [0.25, 0.3) is 10.0 Å². The quantitative estimate of drug-likeness (QED) is 0.682. The molecule has 1 heterocycles. The molecule has 1 aromatic rings. The first kappa shape index (κ1) is 8.31. The van der Waals surface area contributed by atoms with Gasteiger partial charge in [-0.3, -0.25) is 4.72 Å². The van der Waals surface area contributed by atoms with Crippen LogP contribution in [0.2, 0.25) is 0 Å². The van der Waals surface area contributed by atoms with Gasteiger partial charge >= 0.3 is 0 Å². The molecule has 0 unspecified atom stereocenters. The Balaban J connectivity index is 2.48. The predicted octanol–water partition coefficient (Wildman–Crippen LogP) is 0.917. The van der Waals surface area contributed by atoms with E-state index in [2.05, 4.69) is 4.72 Å². The molecule has 0 saturated heterocycles. The molecule has 0 bridgehead atoms. The molecule has 1 aliphatic rings. The summed E-state index contributed by atoms with van der Waals surface area (Å²) in [5, 5.41) is 0. The smallest absolute Gasteiger partial charge is 0.268 e. The van der Waals surface area contributed by atoms with Gasteiger partial charge in [-0.05, 0) is 12.1 Å². The minimum atomic E-state index is -3.40.